The van der Waals surface area contributed by atoms with Gasteiger partial charge in [-0.25, -0.2) is 13.2 Å². The van der Waals surface area contributed by atoms with E-state index in [9.17, 15) is 13.2 Å². The maximum absolute atomic E-state index is 14.8. The number of piperazine rings is 1. The third-order valence-corrected chi connectivity index (χ3v) is 10.00. The summed E-state index contributed by atoms with van der Waals surface area (Å²) in [6.07, 6.45) is 1.15. The molecule has 0 N–H and O–H groups in total. The van der Waals surface area contributed by atoms with Gasteiger partial charge in [-0.1, -0.05) is 81.7 Å². The van der Waals surface area contributed by atoms with Crippen LogP contribution in [0.3, 0.4) is 0 Å². The van der Waals surface area contributed by atoms with E-state index in [0.717, 1.165) is 22.3 Å². The predicted molar refractivity (Wildman–Crippen MR) is 205 cm³/mol. The van der Waals surface area contributed by atoms with Crippen molar-refractivity contribution >= 4 is 57.3 Å². The zero-order chi connectivity index (χ0) is 34.1. The number of amides is 2. The van der Waals surface area contributed by atoms with Crippen LogP contribution < -0.4 is 4.74 Å². The molecule has 49 heavy (non-hydrogen) atoms. The number of ether oxygens (including phenoxy) is 1. The van der Waals surface area contributed by atoms with Crippen molar-refractivity contribution in [3.63, 3.8) is 0 Å². The number of nitrogens with zero attached hydrogens (tertiary/aromatic N) is 4. The predicted octanol–water partition coefficient (Wildman–Crippen LogP) is 8.46. The lowest BCUT2D eigenvalue weighted by Crippen LogP contribution is -2.54. The second-order valence-electron chi connectivity index (χ2n) is 13.7. The Kier molecular flexibility index (Phi) is 13.6. The quantitative estimate of drug-likeness (QED) is 0.231. The number of halogens is 3. The van der Waals surface area contributed by atoms with Gasteiger partial charge in [-0.15, -0.1) is 12.4 Å². The monoisotopic (exact) mass is 750 g/mol. The summed E-state index contributed by atoms with van der Waals surface area (Å²) in [5.41, 5.74) is 3.55. The fourth-order valence-electron chi connectivity index (χ4n) is 5.99. The minimum Gasteiger partial charge on any atom is -0.490 e. The number of aliphatic imine (C=N–C) groups is 1. The van der Waals surface area contributed by atoms with Crippen LogP contribution in [0.5, 0.6) is 5.75 Å². The number of benzene rings is 3. The summed E-state index contributed by atoms with van der Waals surface area (Å²) in [6, 6.07) is 20.3. The molecule has 268 valence electrons. The first-order valence-electron chi connectivity index (χ1n) is 16.0. The summed E-state index contributed by atoms with van der Waals surface area (Å²) >= 11 is 12.6. The number of rotatable bonds is 8. The molecule has 5 rings (SSSR count). The smallest absolute Gasteiger partial charge is 0.326 e. The van der Waals surface area contributed by atoms with Crippen LogP contribution in [0, 0.1) is 0 Å². The molecule has 0 aromatic heterocycles. The van der Waals surface area contributed by atoms with Crippen molar-refractivity contribution in [2.24, 2.45) is 4.99 Å². The third kappa shape index (κ3) is 9.91. The molecule has 1 fully saturated rings. The van der Waals surface area contributed by atoms with Gasteiger partial charge in [0.1, 0.15) is 27.5 Å². The molecule has 0 spiro atoms. The van der Waals surface area contributed by atoms with Crippen LogP contribution in [0.2, 0.25) is 10.0 Å². The topological polar surface area (TPSA) is 82.5 Å². The summed E-state index contributed by atoms with van der Waals surface area (Å²) in [7, 11) is -3.08. The largest absolute Gasteiger partial charge is 0.490 e. The standard InChI is InChI=1S/C36H44Cl2N4O4S.CH4.ClH/c1-24(2)46-31-23-27(36(3,4)5)11-16-30(31)34-39-32(25-7-12-28(37)13-8-25)33(26-9-14-29(38)15-10-26)42(34)35(43)41-19-17-40(18-20-41)21-22-47(6,44)45;;/h7-16,23-24,32-33H,17-22H2,1-6H3;1H4;1H/t32-,33+;;/m0../s1. The first kappa shape index (κ1) is 40.6. The zero-order valence-electron chi connectivity index (χ0n) is 28.3. The Morgan fingerprint density at radius 1 is 0.918 bits per heavy atom. The molecule has 2 aliphatic rings. The first-order chi connectivity index (χ1) is 22.1. The highest BCUT2D eigenvalue weighted by molar-refractivity contribution is 7.90. The summed E-state index contributed by atoms with van der Waals surface area (Å²) in [4.78, 5) is 25.9. The Hall–Kier alpha value is -2.82. The lowest BCUT2D eigenvalue weighted by molar-refractivity contribution is 0.122. The van der Waals surface area contributed by atoms with E-state index in [1.54, 1.807) is 0 Å². The minimum atomic E-state index is -3.08. The fourth-order valence-corrected chi connectivity index (χ4v) is 6.83. The van der Waals surface area contributed by atoms with Crippen molar-refractivity contribution < 1.29 is 17.9 Å². The van der Waals surface area contributed by atoms with E-state index in [2.05, 4.69) is 37.8 Å². The Balaban J connectivity index is 0.00000325. The molecule has 0 saturated carbocycles. The molecule has 3 aromatic carbocycles. The number of carbonyl (C=O) groups excluding carboxylic acids is 1. The maximum Gasteiger partial charge on any atom is 0.326 e. The number of carbonyl (C=O) groups is 1. The lowest BCUT2D eigenvalue weighted by atomic mass is 9.86. The molecule has 0 radical (unpaired) electrons. The first-order valence-corrected chi connectivity index (χ1v) is 18.8. The zero-order valence-corrected chi connectivity index (χ0v) is 31.5. The summed E-state index contributed by atoms with van der Waals surface area (Å²) in [5.74, 6) is 1.29. The van der Waals surface area contributed by atoms with Crippen molar-refractivity contribution in [3.8, 4) is 5.75 Å². The van der Waals surface area contributed by atoms with Crippen molar-refractivity contribution in [2.45, 2.75) is 65.6 Å². The molecule has 2 amide bonds. The van der Waals surface area contributed by atoms with Crippen LogP contribution in [0.4, 0.5) is 4.79 Å². The van der Waals surface area contributed by atoms with Crippen LogP contribution in [0.25, 0.3) is 0 Å². The summed E-state index contributed by atoms with van der Waals surface area (Å²) < 4.78 is 30.0. The molecule has 2 atom stereocenters. The number of urea groups is 1. The van der Waals surface area contributed by atoms with Gasteiger partial charge in [-0.3, -0.25) is 14.8 Å². The van der Waals surface area contributed by atoms with E-state index in [0.29, 0.717) is 54.4 Å². The molecule has 1 saturated heterocycles. The molecule has 3 aromatic rings. The van der Waals surface area contributed by atoms with Crippen LogP contribution in [0.1, 0.15) is 76.4 Å². The number of amidine groups is 1. The van der Waals surface area contributed by atoms with Gasteiger partial charge in [0, 0.05) is 49.0 Å². The molecular weight excluding hydrogens is 703 g/mol. The van der Waals surface area contributed by atoms with E-state index >= 15 is 0 Å². The van der Waals surface area contributed by atoms with Gasteiger partial charge in [0.15, 0.2) is 0 Å². The maximum atomic E-state index is 14.8. The highest BCUT2D eigenvalue weighted by Crippen LogP contribution is 2.46. The molecule has 8 nitrogen and oxygen atoms in total. The van der Waals surface area contributed by atoms with E-state index in [1.807, 2.05) is 78.2 Å². The normalized spacial score (nSPS) is 18.5. The van der Waals surface area contributed by atoms with E-state index in [-0.39, 0.29) is 43.1 Å². The van der Waals surface area contributed by atoms with Crippen molar-refractivity contribution in [3.05, 3.63) is 99.0 Å². The van der Waals surface area contributed by atoms with E-state index in [4.69, 9.17) is 32.9 Å². The van der Waals surface area contributed by atoms with Gasteiger partial charge in [-0.2, -0.15) is 0 Å². The molecular formula is C37H49Cl3N4O4S. The third-order valence-electron chi connectivity index (χ3n) is 8.57. The van der Waals surface area contributed by atoms with Gasteiger partial charge in [0.2, 0.25) is 0 Å². The number of hydrogen-bond acceptors (Lipinski definition) is 6. The SMILES string of the molecule is C.CC(C)Oc1cc(C(C)(C)C)ccc1C1=N[C@@H](c2ccc(Cl)cc2)[C@@H](c2ccc(Cl)cc2)N1C(=O)N1CCN(CCS(C)(=O)=O)CC1.Cl. The minimum absolute atomic E-state index is 0. The average molecular weight is 752 g/mol. The lowest BCUT2D eigenvalue weighted by Gasteiger charge is -2.39. The van der Waals surface area contributed by atoms with E-state index in [1.165, 1.54) is 6.26 Å². The Morgan fingerprint density at radius 3 is 1.98 bits per heavy atom. The van der Waals surface area contributed by atoms with Crippen molar-refractivity contribution in [1.82, 2.24) is 14.7 Å². The Morgan fingerprint density at radius 2 is 1.47 bits per heavy atom. The number of sulfone groups is 1. The molecule has 0 unspecified atom stereocenters. The molecule has 2 heterocycles. The summed E-state index contributed by atoms with van der Waals surface area (Å²) in [5, 5.41) is 1.22. The van der Waals surface area contributed by atoms with Crippen LogP contribution in [-0.4, -0.2) is 85.8 Å². The van der Waals surface area contributed by atoms with Crippen LogP contribution in [0.15, 0.2) is 71.7 Å². The van der Waals surface area contributed by atoms with Crippen LogP contribution in [-0.2, 0) is 15.3 Å². The average Bonchev–Trinajstić information content (AvgIpc) is 3.40. The Bertz CT molecular complexity index is 1720. The molecule has 2 aliphatic heterocycles. The van der Waals surface area contributed by atoms with Gasteiger partial charge >= 0.3 is 6.03 Å². The highest BCUT2D eigenvalue weighted by atomic mass is 35.5. The molecule has 0 aliphatic carbocycles. The van der Waals surface area contributed by atoms with E-state index < -0.39 is 21.9 Å². The second kappa shape index (κ2) is 16.5. The van der Waals surface area contributed by atoms with Gasteiger partial charge in [0.05, 0.1) is 23.5 Å². The van der Waals surface area contributed by atoms with Crippen molar-refractivity contribution in [2.75, 3.05) is 44.7 Å². The summed E-state index contributed by atoms with van der Waals surface area (Å²) in [6.45, 7) is 13.0. The van der Waals surface area contributed by atoms with Gasteiger partial charge < -0.3 is 9.64 Å². The highest BCUT2D eigenvalue weighted by Gasteiger charge is 2.45. The van der Waals surface area contributed by atoms with Gasteiger partial charge in [0.25, 0.3) is 0 Å². The Labute approximate surface area is 308 Å². The van der Waals surface area contributed by atoms with Crippen molar-refractivity contribution in [1.29, 1.82) is 0 Å². The molecule has 12 heteroatoms. The molecule has 0 bridgehead atoms. The van der Waals surface area contributed by atoms with Gasteiger partial charge in [-0.05, 0) is 72.4 Å². The van der Waals surface area contributed by atoms with Crippen LogP contribution >= 0.6 is 35.6 Å². The fraction of sp³-hybridized carbons (Fsp3) is 0.459. The number of hydrogen-bond donors (Lipinski definition) is 0. The second-order valence-corrected chi connectivity index (χ2v) is 16.8.